The van der Waals surface area contributed by atoms with Crippen LogP contribution in [0.4, 0.5) is 0 Å². The molecule has 0 aromatic carbocycles. The monoisotopic (exact) mass is 191 g/mol. The predicted octanol–water partition coefficient (Wildman–Crippen LogP) is 1.91. The average molecular weight is 191 g/mol. The Morgan fingerprint density at radius 2 is 2.30 bits per heavy atom. The van der Waals surface area contributed by atoms with Crippen LogP contribution in [0.5, 0.6) is 0 Å². The molecule has 0 bridgehead atoms. The van der Waals surface area contributed by atoms with E-state index in [4.69, 9.17) is 0 Å². The minimum absolute atomic E-state index is 0.840. The molecule has 10 heavy (non-hydrogen) atoms. The van der Waals surface area contributed by atoms with Gasteiger partial charge in [0.15, 0.2) is 0 Å². The van der Waals surface area contributed by atoms with E-state index in [1.807, 2.05) is 0 Å². The van der Waals surface area contributed by atoms with Gasteiger partial charge in [-0.05, 0) is 0 Å². The molecule has 0 aromatic heterocycles. The molecule has 0 aromatic rings. The van der Waals surface area contributed by atoms with Crippen molar-refractivity contribution in [1.29, 1.82) is 0 Å². The molecule has 1 atom stereocenters. The molecule has 0 saturated carbocycles. The second-order valence-electron chi connectivity index (χ2n) is 2.26. The Morgan fingerprint density at radius 3 is 3.20 bits per heavy atom. The Hall–Kier alpha value is -0.482. The summed E-state index contributed by atoms with van der Waals surface area (Å²) in [6.45, 7) is 0. The number of hydrogen-bond acceptors (Lipinski definition) is 0. The Labute approximate surface area is 65.9 Å². The normalized spacial score (nSPS) is 28.0. The molecule has 0 nitrogen and oxygen atoms in total. The van der Waals surface area contributed by atoms with Crippen molar-refractivity contribution in [2.75, 3.05) is 0 Å². The van der Waals surface area contributed by atoms with E-state index >= 15 is 0 Å². The van der Waals surface area contributed by atoms with Crippen LogP contribution >= 0.6 is 0 Å². The zero-order valence-corrected chi connectivity index (χ0v) is 7.49. The molecular weight excluding hydrogens is 183 g/mol. The van der Waals surface area contributed by atoms with E-state index in [1.165, 1.54) is 4.36 Å². The van der Waals surface area contributed by atoms with Gasteiger partial charge in [-0.2, -0.15) is 0 Å². The van der Waals surface area contributed by atoms with E-state index < -0.39 is 14.7 Å². The van der Waals surface area contributed by atoms with Crippen LogP contribution in [0.3, 0.4) is 0 Å². The summed E-state index contributed by atoms with van der Waals surface area (Å²) in [4.78, 5) is 4.71. The SMILES string of the molecule is [C]1=C2C=CC=C[As]2C=CC1. The fourth-order valence-electron chi connectivity index (χ4n) is 1.07. The van der Waals surface area contributed by atoms with Crippen molar-refractivity contribution < 1.29 is 0 Å². The maximum absolute atomic E-state index is 3.38. The van der Waals surface area contributed by atoms with Crippen LogP contribution in [-0.4, -0.2) is 14.7 Å². The number of hydrogen-bond donors (Lipinski definition) is 0. The summed E-state index contributed by atoms with van der Waals surface area (Å²) in [7, 11) is 0. The summed E-state index contributed by atoms with van der Waals surface area (Å²) in [5.41, 5.74) is 0. The third-order valence-corrected chi connectivity index (χ3v) is 5.52. The first kappa shape index (κ1) is 6.24. The molecule has 2 aliphatic heterocycles. The quantitative estimate of drug-likeness (QED) is 0.513. The van der Waals surface area contributed by atoms with E-state index in [0.717, 1.165) is 6.42 Å². The van der Waals surface area contributed by atoms with Crippen LogP contribution in [0.25, 0.3) is 0 Å². The topological polar surface area (TPSA) is 0 Å². The molecule has 2 aliphatic rings. The molecule has 2 heterocycles. The number of fused-ring (bicyclic) bond motifs is 1. The van der Waals surface area contributed by atoms with Crippen LogP contribution in [0.1, 0.15) is 6.42 Å². The first-order valence-corrected chi connectivity index (χ1v) is 6.48. The van der Waals surface area contributed by atoms with E-state index in [0.29, 0.717) is 0 Å². The Bertz CT molecular complexity index is 243. The summed E-state index contributed by atoms with van der Waals surface area (Å²) in [5.74, 6) is 0. The molecule has 1 unspecified atom stereocenters. The zero-order chi connectivity index (χ0) is 6.81. The second kappa shape index (κ2) is 2.63. The Balaban J connectivity index is 2.33. The van der Waals surface area contributed by atoms with Crippen molar-refractivity contribution in [3.8, 4) is 0 Å². The molecule has 0 fully saturated rings. The van der Waals surface area contributed by atoms with Gasteiger partial charge in [-0.3, -0.25) is 0 Å². The van der Waals surface area contributed by atoms with Crippen molar-refractivity contribution in [3.05, 3.63) is 44.5 Å². The second-order valence-corrected chi connectivity index (χ2v) is 6.23. The first-order valence-electron chi connectivity index (χ1n) is 3.37. The van der Waals surface area contributed by atoms with Crippen LogP contribution in [0, 0.1) is 6.08 Å². The van der Waals surface area contributed by atoms with Gasteiger partial charge in [0.25, 0.3) is 0 Å². The van der Waals surface area contributed by atoms with E-state index in [-0.39, 0.29) is 0 Å². The third-order valence-electron chi connectivity index (χ3n) is 1.56. The Kier molecular flexibility index (Phi) is 1.64. The van der Waals surface area contributed by atoms with Gasteiger partial charge in [-0.1, -0.05) is 0 Å². The fraction of sp³-hybridized carbons (Fsp3) is 0.111. The number of rotatable bonds is 0. The Morgan fingerprint density at radius 1 is 1.30 bits per heavy atom. The van der Waals surface area contributed by atoms with E-state index in [1.54, 1.807) is 0 Å². The molecule has 0 aliphatic carbocycles. The third kappa shape index (κ3) is 1.04. The summed E-state index contributed by atoms with van der Waals surface area (Å²) in [5, 5.41) is 0. The summed E-state index contributed by atoms with van der Waals surface area (Å²) >= 11 is -0.840. The first-order chi connectivity index (χ1) is 4.97. The predicted molar refractivity (Wildman–Crippen MR) is 44.5 cm³/mol. The molecule has 1 radical (unpaired) electrons. The molecule has 0 saturated heterocycles. The van der Waals surface area contributed by atoms with Gasteiger partial charge in [-0.25, -0.2) is 0 Å². The van der Waals surface area contributed by atoms with Gasteiger partial charge in [0.05, 0.1) is 0 Å². The average Bonchev–Trinajstić information content (AvgIpc) is 2.05. The molecule has 49 valence electrons. The van der Waals surface area contributed by atoms with Gasteiger partial charge in [0.2, 0.25) is 0 Å². The fourth-order valence-corrected chi connectivity index (χ4v) is 4.36. The van der Waals surface area contributed by atoms with Crippen molar-refractivity contribution in [2.24, 2.45) is 0 Å². The molecule has 0 N–H and O–H groups in total. The maximum atomic E-state index is 3.38. The van der Waals surface area contributed by atoms with E-state index in [9.17, 15) is 0 Å². The summed E-state index contributed by atoms with van der Waals surface area (Å²) in [6.07, 6.45) is 13.1. The van der Waals surface area contributed by atoms with Crippen LogP contribution in [0.2, 0.25) is 0 Å². The van der Waals surface area contributed by atoms with Gasteiger partial charge in [-0.15, -0.1) is 0 Å². The van der Waals surface area contributed by atoms with E-state index in [2.05, 4.69) is 40.1 Å². The zero-order valence-electron chi connectivity index (χ0n) is 5.62. The number of allylic oxidation sites excluding steroid dienone is 6. The molecule has 0 spiro atoms. The van der Waals surface area contributed by atoms with Crippen molar-refractivity contribution in [1.82, 2.24) is 0 Å². The summed E-state index contributed by atoms with van der Waals surface area (Å²) in [6, 6.07) is 0. The van der Waals surface area contributed by atoms with Gasteiger partial charge in [0.1, 0.15) is 0 Å². The summed E-state index contributed by atoms with van der Waals surface area (Å²) < 4.78 is 1.47. The van der Waals surface area contributed by atoms with Crippen molar-refractivity contribution >= 4 is 14.7 Å². The van der Waals surface area contributed by atoms with Gasteiger partial charge in [0, 0.05) is 0 Å². The molecular formula is C9H8As. The van der Waals surface area contributed by atoms with Crippen LogP contribution in [-0.2, 0) is 0 Å². The minimum atomic E-state index is -0.840. The molecule has 1 heteroatoms. The van der Waals surface area contributed by atoms with Gasteiger partial charge >= 0.3 is 65.5 Å². The van der Waals surface area contributed by atoms with Crippen molar-refractivity contribution in [3.63, 3.8) is 0 Å². The standard InChI is InChI=1S/C9H8As/c1-3-7-10-8-4-2-6-9(10)5-1/h1,3-5,7-8H,2H2. The van der Waals surface area contributed by atoms with Crippen LogP contribution < -0.4 is 0 Å². The van der Waals surface area contributed by atoms with Crippen LogP contribution in [0.15, 0.2) is 38.4 Å². The molecule has 0 amide bonds. The molecule has 2 rings (SSSR count). The van der Waals surface area contributed by atoms with Crippen molar-refractivity contribution in [2.45, 2.75) is 6.42 Å². The van der Waals surface area contributed by atoms with Gasteiger partial charge < -0.3 is 0 Å².